The van der Waals surface area contributed by atoms with E-state index in [1.165, 1.54) is 0 Å². The highest BCUT2D eigenvalue weighted by atomic mass is 79.9. The van der Waals surface area contributed by atoms with Crippen LogP contribution in [0.4, 0.5) is 5.69 Å². The van der Waals surface area contributed by atoms with Gasteiger partial charge < -0.3 is 10.1 Å². The Morgan fingerprint density at radius 2 is 1.63 bits per heavy atom. The summed E-state index contributed by atoms with van der Waals surface area (Å²) in [6, 6.07) is 17.5. The van der Waals surface area contributed by atoms with E-state index in [2.05, 4.69) is 43.2 Å². The SMILES string of the molecule is Cc1ccc(Cl)cc1NCc1cc(Br)cc(Br)c1OCc1ccc(Cl)cc1. The lowest BCUT2D eigenvalue weighted by molar-refractivity contribution is 0.301. The molecule has 0 atom stereocenters. The predicted octanol–water partition coefficient (Wildman–Crippen LogP) is 8.02. The van der Waals surface area contributed by atoms with Gasteiger partial charge in [0.1, 0.15) is 12.4 Å². The average molecular weight is 530 g/mol. The van der Waals surface area contributed by atoms with Crippen LogP contribution in [0.5, 0.6) is 5.75 Å². The summed E-state index contributed by atoms with van der Waals surface area (Å²) in [6.07, 6.45) is 0. The highest BCUT2D eigenvalue weighted by Gasteiger charge is 2.12. The van der Waals surface area contributed by atoms with Gasteiger partial charge in [-0.2, -0.15) is 0 Å². The third-order valence-electron chi connectivity index (χ3n) is 4.05. The Morgan fingerprint density at radius 3 is 2.37 bits per heavy atom. The first-order chi connectivity index (χ1) is 12.9. The lowest BCUT2D eigenvalue weighted by Crippen LogP contribution is -2.05. The molecule has 1 N–H and O–H groups in total. The summed E-state index contributed by atoms with van der Waals surface area (Å²) < 4.78 is 7.99. The summed E-state index contributed by atoms with van der Waals surface area (Å²) in [5, 5.41) is 4.87. The number of nitrogens with one attached hydrogen (secondary N) is 1. The first kappa shape index (κ1) is 20.5. The number of aryl methyl sites for hydroxylation is 1. The molecule has 0 saturated carbocycles. The molecule has 3 aromatic rings. The molecule has 6 heteroatoms. The maximum Gasteiger partial charge on any atom is 0.139 e. The second kappa shape index (κ2) is 9.33. The molecule has 0 heterocycles. The van der Waals surface area contributed by atoms with E-state index in [9.17, 15) is 0 Å². The van der Waals surface area contributed by atoms with Crippen molar-refractivity contribution in [1.82, 2.24) is 0 Å². The molecule has 0 spiro atoms. The van der Waals surface area contributed by atoms with Crippen LogP contribution in [0.3, 0.4) is 0 Å². The molecule has 0 aromatic heterocycles. The monoisotopic (exact) mass is 527 g/mol. The van der Waals surface area contributed by atoms with Crippen molar-refractivity contribution in [3.63, 3.8) is 0 Å². The number of hydrogen-bond acceptors (Lipinski definition) is 2. The van der Waals surface area contributed by atoms with Crippen molar-refractivity contribution in [1.29, 1.82) is 0 Å². The van der Waals surface area contributed by atoms with Gasteiger partial charge in [-0.3, -0.25) is 0 Å². The Kier molecular flexibility index (Phi) is 7.10. The molecule has 0 unspecified atom stereocenters. The second-order valence-electron chi connectivity index (χ2n) is 6.10. The van der Waals surface area contributed by atoms with Crippen molar-refractivity contribution in [3.8, 4) is 5.75 Å². The van der Waals surface area contributed by atoms with Gasteiger partial charge in [-0.25, -0.2) is 0 Å². The Morgan fingerprint density at radius 1 is 0.926 bits per heavy atom. The molecule has 0 aliphatic rings. The molecule has 0 bridgehead atoms. The van der Waals surface area contributed by atoms with Gasteiger partial charge in [0.2, 0.25) is 0 Å². The molecule has 27 heavy (non-hydrogen) atoms. The van der Waals surface area contributed by atoms with Crippen LogP contribution >= 0.6 is 55.1 Å². The maximum absolute atomic E-state index is 6.12. The standard InChI is InChI=1S/C21H17Br2Cl2NO/c1-13-2-5-18(25)10-20(13)26-11-15-8-16(22)9-19(23)21(15)27-12-14-3-6-17(24)7-4-14/h2-10,26H,11-12H2,1H3. The lowest BCUT2D eigenvalue weighted by atomic mass is 10.1. The summed E-state index contributed by atoms with van der Waals surface area (Å²) in [6.45, 7) is 3.11. The van der Waals surface area contributed by atoms with E-state index < -0.39 is 0 Å². The minimum atomic E-state index is 0.459. The van der Waals surface area contributed by atoms with E-state index in [0.29, 0.717) is 23.2 Å². The summed E-state index contributed by atoms with van der Waals surface area (Å²) >= 11 is 19.2. The number of rotatable bonds is 6. The van der Waals surface area contributed by atoms with E-state index >= 15 is 0 Å². The largest absolute Gasteiger partial charge is 0.487 e. The minimum Gasteiger partial charge on any atom is -0.487 e. The normalized spacial score (nSPS) is 10.7. The Hall–Kier alpha value is -1.20. The summed E-state index contributed by atoms with van der Waals surface area (Å²) in [5.74, 6) is 0.806. The first-order valence-corrected chi connectivity index (χ1v) is 10.6. The first-order valence-electron chi connectivity index (χ1n) is 8.27. The Balaban J connectivity index is 1.79. The molecule has 0 aliphatic heterocycles. The van der Waals surface area contributed by atoms with Crippen molar-refractivity contribution < 1.29 is 4.74 Å². The number of benzene rings is 3. The quantitative estimate of drug-likeness (QED) is 0.349. The molecule has 0 fully saturated rings. The molecule has 3 rings (SSSR count). The number of hydrogen-bond donors (Lipinski definition) is 1. The molecular weight excluding hydrogens is 513 g/mol. The summed E-state index contributed by atoms with van der Waals surface area (Å²) in [7, 11) is 0. The Labute approximate surface area is 186 Å². The molecule has 0 aliphatic carbocycles. The molecule has 2 nitrogen and oxygen atoms in total. The predicted molar refractivity (Wildman–Crippen MR) is 121 cm³/mol. The van der Waals surface area contributed by atoms with Crippen LogP contribution in [0.1, 0.15) is 16.7 Å². The van der Waals surface area contributed by atoms with Gasteiger partial charge in [0.15, 0.2) is 0 Å². The third-order valence-corrected chi connectivity index (χ3v) is 5.58. The molecule has 0 saturated heterocycles. The fourth-order valence-corrected chi connectivity index (χ4v) is 4.34. The van der Waals surface area contributed by atoms with Gasteiger partial charge in [-0.05, 0) is 70.4 Å². The number of anilines is 1. The molecule has 0 radical (unpaired) electrons. The topological polar surface area (TPSA) is 21.3 Å². The Bertz CT molecular complexity index is 946. The third kappa shape index (κ3) is 5.64. The van der Waals surface area contributed by atoms with Crippen LogP contribution in [-0.4, -0.2) is 0 Å². The van der Waals surface area contributed by atoms with Crippen molar-refractivity contribution in [2.75, 3.05) is 5.32 Å². The average Bonchev–Trinajstić information content (AvgIpc) is 2.63. The fraction of sp³-hybridized carbons (Fsp3) is 0.143. The summed E-state index contributed by atoms with van der Waals surface area (Å²) in [4.78, 5) is 0. The van der Waals surface area contributed by atoms with Gasteiger partial charge in [-0.1, -0.05) is 57.3 Å². The van der Waals surface area contributed by atoms with Crippen LogP contribution < -0.4 is 10.1 Å². The van der Waals surface area contributed by atoms with Crippen molar-refractivity contribution in [2.24, 2.45) is 0 Å². The smallest absolute Gasteiger partial charge is 0.139 e. The maximum atomic E-state index is 6.12. The highest BCUT2D eigenvalue weighted by Crippen LogP contribution is 2.34. The fourth-order valence-electron chi connectivity index (χ4n) is 2.62. The van der Waals surface area contributed by atoms with Crippen molar-refractivity contribution in [3.05, 3.63) is 90.3 Å². The van der Waals surface area contributed by atoms with E-state index in [4.69, 9.17) is 27.9 Å². The van der Waals surface area contributed by atoms with Crippen LogP contribution in [0.25, 0.3) is 0 Å². The van der Waals surface area contributed by atoms with Crippen molar-refractivity contribution in [2.45, 2.75) is 20.1 Å². The molecular formula is C21H17Br2Cl2NO. The lowest BCUT2D eigenvalue weighted by Gasteiger charge is -2.16. The van der Waals surface area contributed by atoms with Crippen LogP contribution in [0, 0.1) is 6.92 Å². The van der Waals surface area contributed by atoms with Gasteiger partial charge >= 0.3 is 0 Å². The highest BCUT2D eigenvalue weighted by molar-refractivity contribution is 9.11. The molecule has 3 aromatic carbocycles. The van der Waals surface area contributed by atoms with Crippen molar-refractivity contribution >= 4 is 60.7 Å². The second-order valence-corrected chi connectivity index (χ2v) is 8.75. The zero-order valence-electron chi connectivity index (χ0n) is 14.5. The van der Waals surface area contributed by atoms with Crippen LogP contribution in [0.15, 0.2) is 63.5 Å². The van der Waals surface area contributed by atoms with E-state index in [-0.39, 0.29) is 0 Å². The zero-order valence-corrected chi connectivity index (χ0v) is 19.2. The van der Waals surface area contributed by atoms with Gasteiger partial charge in [0.25, 0.3) is 0 Å². The van der Waals surface area contributed by atoms with Gasteiger partial charge in [0.05, 0.1) is 4.47 Å². The van der Waals surface area contributed by atoms with Gasteiger partial charge in [-0.15, -0.1) is 0 Å². The summed E-state index contributed by atoms with van der Waals surface area (Å²) in [5.41, 5.74) is 4.22. The molecule has 140 valence electrons. The van der Waals surface area contributed by atoms with Crippen LogP contribution in [-0.2, 0) is 13.2 Å². The zero-order chi connectivity index (χ0) is 19.4. The van der Waals surface area contributed by atoms with Gasteiger partial charge in [0, 0.05) is 32.3 Å². The van der Waals surface area contributed by atoms with Crippen LogP contribution in [0.2, 0.25) is 10.0 Å². The number of halogens is 4. The molecule has 0 amide bonds. The number of ether oxygens (including phenoxy) is 1. The van der Waals surface area contributed by atoms with E-state index in [0.717, 1.165) is 37.1 Å². The van der Waals surface area contributed by atoms with E-state index in [1.807, 2.05) is 55.5 Å². The van der Waals surface area contributed by atoms with E-state index in [1.54, 1.807) is 0 Å². The minimum absolute atomic E-state index is 0.459.